The molecule has 0 aliphatic carbocycles. The summed E-state index contributed by atoms with van der Waals surface area (Å²) in [4.78, 5) is 11.5. The fourth-order valence-corrected chi connectivity index (χ4v) is 1.32. The van der Waals surface area contributed by atoms with E-state index in [2.05, 4.69) is 0 Å². The van der Waals surface area contributed by atoms with Crippen LogP contribution in [0.2, 0.25) is 0 Å². The van der Waals surface area contributed by atoms with Gasteiger partial charge < -0.3 is 14.9 Å². The van der Waals surface area contributed by atoms with Crippen molar-refractivity contribution in [1.82, 2.24) is 0 Å². The molecule has 1 unspecified atom stereocenters. The highest BCUT2D eigenvalue weighted by Crippen LogP contribution is 2.19. The van der Waals surface area contributed by atoms with E-state index >= 15 is 0 Å². The Hall–Kier alpha value is -1.29. The predicted molar refractivity (Wildman–Crippen MR) is 60.8 cm³/mol. The van der Waals surface area contributed by atoms with Gasteiger partial charge in [-0.3, -0.25) is 4.79 Å². The molecular weight excluding hydrogens is 206 g/mol. The van der Waals surface area contributed by atoms with E-state index in [1.54, 1.807) is 6.07 Å². The molecule has 0 spiro atoms. The van der Waals surface area contributed by atoms with Crippen LogP contribution in [0.15, 0.2) is 16.5 Å². The van der Waals surface area contributed by atoms with E-state index in [-0.39, 0.29) is 12.4 Å². The van der Waals surface area contributed by atoms with Gasteiger partial charge in [0.2, 0.25) is 0 Å². The third-order valence-electron chi connectivity index (χ3n) is 1.93. The Balaban J connectivity index is 2.52. The van der Waals surface area contributed by atoms with E-state index in [0.29, 0.717) is 5.76 Å². The van der Waals surface area contributed by atoms with Crippen LogP contribution in [0, 0.1) is 6.92 Å². The highest BCUT2D eigenvalue weighted by Gasteiger charge is 2.20. The molecule has 1 aromatic heterocycles. The molecule has 0 radical (unpaired) electrons. The minimum atomic E-state index is -0.476. The molecule has 1 heterocycles. The van der Waals surface area contributed by atoms with E-state index in [0.717, 1.165) is 5.76 Å². The molecule has 1 atom stereocenters. The van der Waals surface area contributed by atoms with E-state index in [1.165, 1.54) is 0 Å². The summed E-state index contributed by atoms with van der Waals surface area (Å²) in [6.45, 7) is 7.32. The van der Waals surface area contributed by atoms with Gasteiger partial charge in [0, 0.05) is 0 Å². The Labute approximate surface area is 95.8 Å². The molecule has 0 aliphatic rings. The summed E-state index contributed by atoms with van der Waals surface area (Å²) in [5.74, 6) is 1.09. The van der Waals surface area contributed by atoms with Gasteiger partial charge in [-0.25, -0.2) is 0 Å². The fourth-order valence-electron chi connectivity index (χ4n) is 1.32. The maximum atomic E-state index is 11.5. The van der Waals surface area contributed by atoms with Gasteiger partial charge in [-0.1, -0.05) is 0 Å². The Morgan fingerprint density at radius 2 is 2.12 bits per heavy atom. The number of ether oxygens (including phenoxy) is 1. The van der Waals surface area contributed by atoms with Crippen LogP contribution in [0.1, 0.15) is 44.8 Å². The standard InChI is InChI=1S/C12H19NO3/c1-8-5-6-10(15-8)9(13)7-11(14)16-12(2,3)4/h5-6,9H,7,13H2,1-4H3. The summed E-state index contributed by atoms with van der Waals surface area (Å²) in [7, 11) is 0. The molecule has 0 amide bonds. The number of hydrogen-bond donors (Lipinski definition) is 1. The predicted octanol–water partition coefficient (Wildman–Crippen LogP) is 2.32. The van der Waals surface area contributed by atoms with Crippen LogP contribution < -0.4 is 5.73 Å². The number of carbonyl (C=O) groups excluding carboxylic acids is 1. The van der Waals surface area contributed by atoms with Gasteiger partial charge >= 0.3 is 5.97 Å². The number of rotatable bonds is 3. The Morgan fingerprint density at radius 3 is 2.56 bits per heavy atom. The van der Waals surface area contributed by atoms with Crippen LogP contribution in [-0.4, -0.2) is 11.6 Å². The SMILES string of the molecule is Cc1ccc(C(N)CC(=O)OC(C)(C)C)o1. The quantitative estimate of drug-likeness (QED) is 0.802. The molecular formula is C12H19NO3. The van der Waals surface area contributed by atoms with Crippen molar-refractivity contribution in [1.29, 1.82) is 0 Å². The van der Waals surface area contributed by atoms with Gasteiger partial charge in [0.25, 0.3) is 0 Å². The molecule has 90 valence electrons. The Morgan fingerprint density at radius 1 is 1.50 bits per heavy atom. The van der Waals surface area contributed by atoms with Crippen molar-refractivity contribution in [3.8, 4) is 0 Å². The number of aryl methyl sites for hydroxylation is 1. The second-order valence-electron chi connectivity index (χ2n) is 4.85. The molecule has 0 bridgehead atoms. The lowest BCUT2D eigenvalue weighted by atomic mass is 10.1. The topological polar surface area (TPSA) is 65.5 Å². The van der Waals surface area contributed by atoms with Gasteiger partial charge in [0.1, 0.15) is 17.1 Å². The Bertz CT molecular complexity index is 363. The fraction of sp³-hybridized carbons (Fsp3) is 0.583. The first-order valence-corrected chi connectivity index (χ1v) is 5.32. The lowest BCUT2D eigenvalue weighted by molar-refractivity contribution is -0.155. The van der Waals surface area contributed by atoms with Crippen LogP contribution in [0.25, 0.3) is 0 Å². The van der Waals surface area contributed by atoms with E-state index in [1.807, 2.05) is 33.8 Å². The molecule has 0 fully saturated rings. The van der Waals surface area contributed by atoms with Crippen LogP contribution in [-0.2, 0) is 9.53 Å². The summed E-state index contributed by atoms with van der Waals surface area (Å²) in [5.41, 5.74) is 5.36. The average molecular weight is 225 g/mol. The van der Waals surface area contributed by atoms with E-state index < -0.39 is 11.6 Å². The molecule has 0 saturated heterocycles. The first-order chi connectivity index (χ1) is 7.28. The van der Waals surface area contributed by atoms with Crippen LogP contribution in [0.3, 0.4) is 0 Å². The molecule has 2 N–H and O–H groups in total. The number of nitrogens with two attached hydrogens (primary N) is 1. The maximum absolute atomic E-state index is 11.5. The van der Waals surface area contributed by atoms with Crippen LogP contribution in [0.4, 0.5) is 0 Å². The number of hydrogen-bond acceptors (Lipinski definition) is 4. The zero-order valence-electron chi connectivity index (χ0n) is 10.2. The minimum absolute atomic E-state index is 0.129. The second-order valence-corrected chi connectivity index (χ2v) is 4.85. The average Bonchev–Trinajstić information content (AvgIpc) is 2.47. The normalized spacial score (nSPS) is 13.6. The molecule has 4 nitrogen and oxygen atoms in total. The largest absolute Gasteiger partial charge is 0.465 e. The van der Waals surface area contributed by atoms with Crippen molar-refractivity contribution in [2.75, 3.05) is 0 Å². The monoisotopic (exact) mass is 225 g/mol. The van der Waals surface area contributed by atoms with Crippen molar-refractivity contribution in [2.45, 2.75) is 45.8 Å². The van der Waals surface area contributed by atoms with Crippen LogP contribution >= 0.6 is 0 Å². The number of carbonyl (C=O) groups is 1. The molecule has 1 rings (SSSR count). The maximum Gasteiger partial charge on any atom is 0.308 e. The van der Waals surface area contributed by atoms with E-state index in [9.17, 15) is 4.79 Å². The van der Waals surface area contributed by atoms with Gasteiger partial charge in [-0.2, -0.15) is 0 Å². The van der Waals surface area contributed by atoms with Crippen molar-refractivity contribution >= 4 is 5.97 Å². The first kappa shape index (κ1) is 12.8. The van der Waals surface area contributed by atoms with Gasteiger partial charge in [-0.05, 0) is 39.8 Å². The van der Waals surface area contributed by atoms with Crippen molar-refractivity contribution in [3.05, 3.63) is 23.7 Å². The smallest absolute Gasteiger partial charge is 0.308 e. The third-order valence-corrected chi connectivity index (χ3v) is 1.93. The first-order valence-electron chi connectivity index (χ1n) is 5.32. The van der Waals surface area contributed by atoms with E-state index in [4.69, 9.17) is 14.9 Å². The van der Waals surface area contributed by atoms with Crippen molar-refractivity contribution in [3.63, 3.8) is 0 Å². The highest BCUT2D eigenvalue weighted by molar-refractivity contribution is 5.70. The molecule has 0 aromatic carbocycles. The number of esters is 1. The van der Waals surface area contributed by atoms with Crippen molar-refractivity contribution < 1.29 is 13.9 Å². The third kappa shape index (κ3) is 4.06. The van der Waals surface area contributed by atoms with Gasteiger partial charge in [0.05, 0.1) is 12.5 Å². The number of furan rings is 1. The molecule has 4 heteroatoms. The zero-order chi connectivity index (χ0) is 12.3. The highest BCUT2D eigenvalue weighted by atomic mass is 16.6. The molecule has 16 heavy (non-hydrogen) atoms. The molecule has 0 aliphatic heterocycles. The summed E-state index contributed by atoms with van der Waals surface area (Å²) in [6.07, 6.45) is 0.129. The van der Waals surface area contributed by atoms with Crippen LogP contribution in [0.5, 0.6) is 0 Å². The molecule has 1 aromatic rings. The lowest BCUT2D eigenvalue weighted by Gasteiger charge is -2.20. The summed E-state index contributed by atoms with van der Waals surface area (Å²) < 4.78 is 10.5. The molecule has 0 saturated carbocycles. The Kier molecular flexibility index (Phi) is 3.75. The zero-order valence-corrected chi connectivity index (χ0v) is 10.2. The lowest BCUT2D eigenvalue weighted by Crippen LogP contribution is -2.26. The summed E-state index contributed by atoms with van der Waals surface area (Å²) in [5, 5.41) is 0. The van der Waals surface area contributed by atoms with Crippen molar-refractivity contribution in [2.24, 2.45) is 5.73 Å². The summed E-state index contributed by atoms with van der Waals surface area (Å²) in [6, 6.07) is 3.16. The van der Waals surface area contributed by atoms with Gasteiger partial charge in [0.15, 0.2) is 0 Å². The second kappa shape index (κ2) is 4.70. The minimum Gasteiger partial charge on any atom is -0.465 e. The summed E-state index contributed by atoms with van der Waals surface area (Å²) >= 11 is 0. The van der Waals surface area contributed by atoms with Gasteiger partial charge in [-0.15, -0.1) is 0 Å².